The lowest BCUT2D eigenvalue weighted by molar-refractivity contribution is 0.0954. The number of rotatable bonds is 6. The highest BCUT2D eigenvalue weighted by atomic mass is 127. The number of aromatic hydroxyl groups is 1. The highest BCUT2D eigenvalue weighted by Gasteiger charge is 2.21. The lowest BCUT2D eigenvalue weighted by Gasteiger charge is -2.37. The minimum atomic E-state index is -0.137. The van der Waals surface area contributed by atoms with Gasteiger partial charge in [-0.2, -0.15) is 0 Å². The molecule has 2 aromatic carbocycles. The van der Waals surface area contributed by atoms with Crippen molar-refractivity contribution in [2.45, 2.75) is 0 Å². The van der Waals surface area contributed by atoms with Crippen LogP contribution in [0.5, 0.6) is 11.5 Å². The van der Waals surface area contributed by atoms with Crippen molar-refractivity contribution in [3.8, 4) is 11.5 Å². The number of phenols is 1. The molecule has 1 heterocycles. The van der Waals surface area contributed by atoms with Crippen molar-refractivity contribution in [2.75, 3.05) is 58.3 Å². The fourth-order valence-electron chi connectivity index (χ4n) is 3.44. The number of aliphatic imine (C=N–C) groups is 1. The fourth-order valence-corrected chi connectivity index (χ4v) is 3.44. The number of nitrogens with one attached hydrogen (secondary N) is 2. The Morgan fingerprint density at radius 1 is 1.06 bits per heavy atom. The average Bonchev–Trinajstić information content (AvgIpc) is 2.79. The standard InChI is InChI=1S/C22H29N5O3.HI/c1-23-22(25-11-10-24-21(29)17-6-5-7-18(16-17)30-2)27-14-12-26(13-15-27)19-8-3-4-9-20(19)28;/h3-9,16,28H,10-15H2,1-2H3,(H,23,25)(H,24,29);1H. The van der Waals surface area contributed by atoms with Crippen LogP contribution in [-0.2, 0) is 0 Å². The van der Waals surface area contributed by atoms with Gasteiger partial charge in [-0.25, -0.2) is 0 Å². The number of hydrogen-bond acceptors (Lipinski definition) is 5. The second kappa shape index (κ2) is 12.2. The first-order valence-corrected chi connectivity index (χ1v) is 10.0. The van der Waals surface area contributed by atoms with E-state index in [0.29, 0.717) is 30.2 Å². The molecule has 2 aromatic rings. The maximum atomic E-state index is 12.3. The van der Waals surface area contributed by atoms with E-state index in [1.54, 1.807) is 44.5 Å². The second-order valence-electron chi connectivity index (χ2n) is 6.92. The summed E-state index contributed by atoms with van der Waals surface area (Å²) in [5.74, 6) is 1.63. The summed E-state index contributed by atoms with van der Waals surface area (Å²) >= 11 is 0. The number of hydrogen-bond donors (Lipinski definition) is 3. The minimum absolute atomic E-state index is 0. The molecule has 0 aliphatic carbocycles. The molecule has 3 rings (SSSR count). The maximum absolute atomic E-state index is 12.3. The van der Waals surface area contributed by atoms with E-state index in [1.165, 1.54) is 0 Å². The molecule has 1 fully saturated rings. The molecule has 31 heavy (non-hydrogen) atoms. The monoisotopic (exact) mass is 539 g/mol. The molecule has 0 aromatic heterocycles. The van der Waals surface area contributed by atoms with E-state index < -0.39 is 0 Å². The van der Waals surface area contributed by atoms with Gasteiger partial charge in [0.25, 0.3) is 5.91 Å². The molecular formula is C22H30IN5O3. The van der Waals surface area contributed by atoms with E-state index in [4.69, 9.17) is 4.74 Å². The summed E-state index contributed by atoms with van der Waals surface area (Å²) in [6, 6.07) is 14.5. The number of halogens is 1. The van der Waals surface area contributed by atoms with Gasteiger partial charge in [0, 0.05) is 51.9 Å². The van der Waals surface area contributed by atoms with Crippen molar-refractivity contribution in [3.63, 3.8) is 0 Å². The molecule has 8 nitrogen and oxygen atoms in total. The smallest absolute Gasteiger partial charge is 0.251 e. The Morgan fingerprint density at radius 2 is 1.77 bits per heavy atom. The van der Waals surface area contributed by atoms with E-state index in [-0.39, 0.29) is 29.9 Å². The van der Waals surface area contributed by atoms with E-state index >= 15 is 0 Å². The normalized spacial score (nSPS) is 13.9. The van der Waals surface area contributed by atoms with Crippen molar-refractivity contribution in [3.05, 3.63) is 54.1 Å². The number of nitrogens with zero attached hydrogens (tertiary/aromatic N) is 3. The molecule has 1 aliphatic rings. The van der Waals surface area contributed by atoms with E-state index in [9.17, 15) is 9.90 Å². The number of para-hydroxylation sites is 2. The van der Waals surface area contributed by atoms with Gasteiger partial charge in [0.2, 0.25) is 0 Å². The SMILES string of the molecule is CN=C(NCCNC(=O)c1cccc(OC)c1)N1CCN(c2ccccc2O)CC1.I. The molecule has 168 valence electrons. The predicted molar refractivity (Wildman–Crippen MR) is 134 cm³/mol. The molecule has 0 saturated carbocycles. The van der Waals surface area contributed by atoms with Gasteiger partial charge in [0.15, 0.2) is 5.96 Å². The van der Waals surface area contributed by atoms with Crippen LogP contribution in [-0.4, -0.2) is 75.3 Å². The van der Waals surface area contributed by atoms with Gasteiger partial charge in [0.05, 0.1) is 12.8 Å². The number of ether oxygens (including phenoxy) is 1. The van der Waals surface area contributed by atoms with Crippen molar-refractivity contribution in [2.24, 2.45) is 4.99 Å². The summed E-state index contributed by atoms with van der Waals surface area (Å²) in [6.07, 6.45) is 0. The number of anilines is 1. The van der Waals surface area contributed by atoms with E-state index in [1.807, 2.05) is 18.2 Å². The number of carbonyl (C=O) groups excluding carboxylic acids is 1. The van der Waals surface area contributed by atoms with Gasteiger partial charge in [-0.3, -0.25) is 9.79 Å². The van der Waals surface area contributed by atoms with E-state index in [2.05, 4.69) is 25.4 Å². The number of methoxy groups -OCH3 is 1. The Balaban J connectivity index is 0.00000341. The van der Waals surface area contributed by atoms with Gasteiger partial charge in [-0.15, -0.1) is 24.0 Å². The van der Waals surface area contributed by atoms with Crippen LogP contribution in [0.2, 0.25) is 0 Å². The molecule has 0 unspecified atom stereocenters. The topological polar surface area (TPSA) is 89.4 Å². The number of guanidine groups is 1. The minimum Gasteiger partial charge on any atom is -0.506 e. The molecule has 0 atom stereocenters. The van der Waals surface area contributed by atoms with E-state index in [0.717, 1.165) is 37.8 Å². The van der Waals surface area contributed by atoms with Crippen LogP contribution in [0.3, 0.4) is 0 Å². The van der Waals surface area contributed by atoms with Crippen molar-refractivity contribution in [1.82, 2.24) is 15.5 Å². The Morgan fingerprint density at radius 3 is 2.45 bits per heavy atom. The zero-order valence-electron chi connectivity index (χ0n) is 17.9. The lowest BCUT2D eigenvalue weighted by Crippen LogP contribution is -2.53. The van der Waals surface area contributed by atoms with Crippen molar-refractivity contribution in [1.29, 1.82) is 0 Å². The molecule has 0 radical (unpaired) electrons. The molecule has 9 heteroatoms. The summed E-state index contributed by atoms with van der Waals surface area (Å²) in [4.78, 5) is 21.0. The third kappa shape index (κ3) is 6.65. The fraction of sp³-hybridized carbons (Fsp3) is 0.364. The van der Waals surface area contributed by atoms with Crippen LogP contribution in [0.25, 0.3) is 0 Å². The number of phenolic OH excluding ortho intramolecular Hbond substituents is 1. The molecule has 3 N–H and O–H groups in total. The van der Waals surface area contributed by atoms with Crippen molar-refractivity contribution >= 4 is 41.5 Å². The zero-order chi connectivity index (χ0) is 21.3. The lowest BCUT2D eigenvalue weighted by atomic mass is 10.2. The summed E-state index contributed by atoms with van der Waals surface area (Å²) in [5, 5.41) is 16.3. The van der Waals surface area contributed by atoms with Crippen LogP contribution in [0.1, 0.15) is 10.4 Å². The Bertz CT molecular complexity index is 885. The predicted octanol–water partition coefficient (Wildman–Crippen LogP) is 2.15. The Labute approximate surface area is 200 Å². The number of carbonyl (C=O) groups is 1. The van der Waals surface area contributed by atoms with Gasteiger partial charge in [-0.05, 0) is 30.3 Å². The highest BCUT2D eigenvalue weighted by Crippen LogP contribution is 2.27. The van der Waals surface area contributed by atoms with Crippen LogP contribution in [0.15, 0.2) is 53.5 Å². The number of benzene rings is 2. The largest absolute Gasteiger partial charge is 0.506 e. The third-order valence-electron chi connectivity index (χ3n) is 5.04. The summed E-state index contributed by atoms with van der Waals surface area (Å²) in [7, 11) is 3.33. The molecule has 0 spiro atoms. The van der Waals surface area contributed by atoms with Gasteiger partial charge in [-0.1, -0.05) is 18.2 Å². The second-order valence-corrected chi connectivity index (χ2v) is 6.92. The zero-order valence-corrected chi connectivity index (χ0v) is 20.2. The van der Waals surface area contributed by atoms with Crippen LogP contribution >= 0.6 is 24.0 Å². The number of amides is 1. The van der Waals surface area contributed by atoms with Crippen LogP contribution < -0.4 is 20.3 Å². The summed E-state index contributed by atoms with van der Waals surface area (Å²) < 4.78 is 5.16. The van der Waals surface area contributed by atoms with Crippen LogP contribution in [0.4, 0.5) is 5.69 Å². The average molecular weight is 539 g/mol. The Kier molecular flexibility index (Phi) is 9.70. The van der Waals surface area contributed by atoms with Gasteiger partial charge in [0.1, 0.15) is 11.5 Å². The summed E-state index contributed by atoms with van der Waals surface area (Å²) in [6.45, 7) is 4.24. The molecule has 1 amide bonds. The molecular weight excluding hydrogens is 509 g/mol. The first-order valence-electron chi connectivity index (χ1n) is 10.0. The summed E-state index contributed by atoms with van der Waals surface area (Å²) in [5.41, 5.74) is 1.43. The highest BCUT2D eigenvalue weighted by molar-refractivity contribution is 14.0. The van der Waals surface area contributed by atoms with Gasteiger partial charge < -0.3 is 30.3 Å². The van der Waals surface area contributed by atoms with Gasteiger partial charge >= 0.3 is 0 Å². The quantitative estimate of drug-likeness (QED) is 0.226. The first kappa shape index (κ1) is 24.6. The maximum Gasteiger partial charge on any atom is 0.251 e. The number of piperazine rings is 1. The van der Waals surface area contributed by atoms with Crippen molar-refractivity contribution < 1.29 is 14.6 Å². The first-order chi connectivity index (χ1) is 14.6. The molecule has 1 aliphatic heterocycles. The third-order valence-corrected chi connectivity index (χ3v) is 5.04. The molecule has 0 bridgehead atoms. The molecule has 1 saturated heterocycles. The van der Waals surface area contributed by atoms with Crippen LogP contribution in [0, 0.1) is 0 Å². The Hall–Kier alpha value is -2.69.